The minimum atomic E-state index is -0.465. The summed E-state index contributed by atoms with van der Waals surface area (Å²) in [5.41, 5.74) is 5.25. The fourth-order valence-electron chi connectivity index (χ4n) is 4.02. The number of benzene rings is 1. The molecule has 2 bridgehead atoms. The molecule has 0 fully saturated rings. The first-order chi connectivity index (χ1) is 15.2. The van der Waals surface area contributed by atoms with Crippen LogP contribution in [0.4, 0.5) is 21.5 Å². The molecule has 0 radical (unpaired) electrons. The van der Waals surface area contributed by atoms with E-state index in [0.717, 1.165) is 40.0 Å². The summed E-state index contributed by atoms with van der Waals surface area (Å²) in [5, 5.41) is 9.85. The first-order valence-corrected chi connectivity index (χ1v) is 12.8. The van der Waals surface area contributed by atoms with Gasteiger partial charge in [0, 0.05) is 0 Å². The Kier molecular flexibility index (Phi) is 5.43. The van der Waals surface area contributed by atoms with Crippen molar-refractivity contribution in [3.05, 3.63) is 53.7 Å². The summed E-state index contributed by atoms with van der Waals surface area (Å²) >= 11 is -0.155. The first-order valence-electron chi connectivity index (χ1n) is 10.1. The van der Waals surface area contributed by atoms with Gasteiger partial charge in [-0.05, 0) is 0 Å². The number of nitrogens with zero attached hydrogens (tertiary/aromatic N) is 1. The number of fused-ring (bicyclic) bond motifs is 3. The molecule has 5 rings (SSSR count). The average Bonchev–Trinajstić information content (AvgIpc) is 3.13. The summed E-state index contributed by atoms with van der Waals surface area (Å²) in [7, 11) is 1.43. The molecule has 2 aromatic heterocycles. The number of halogens is 2. The Hall–Kier alpha value is -2.82. The molecule has 0 spiro atoms. The molecule has 7 nitrogen and oxygen atoms in total. The molecule has 1 atom stereocenters. The normalized spacial score (nSPS) is 17.9. The second kappa shape index (κ2) is 8.37. The number of ether oxygens (including phenoxy) is 1. The summed E-state index contributed by atoms with van der Waals surface area (Å²) in [6.45, 7) is 1.52. The van der Waals surface area contributed by atoms with Crippen LogP contribution >= 0.6 is 0 Å². The number of H-pyrrole nitrogens is 1. The number of aromatic nitrogens is 2. The van der Waals surface area contributed by atoms with E-state index < -0.39 is 5.82 Å². The molecule has 2 aliphatic rings. The Morgan fingerprint density at radius 3 is 3.06 bits per heavy atom. The molecule has 0 unspecified atom stereocenters. The zero-order chi connectivity index (χ0) is 21.4. The molecule has 4 heterocycles. The van der Waals surface area contributed by atoms with Crippen molar-refractivity contribution in [1.82, 2.24) is 15.3 Å². The molecule has 0 saturated heterocycles. The summed E-state index contributed by atoms with van der Waals surface area (Å²) < 4.78 is 21.1. The molecule has 1 amide bonds. The van der Waals surface area contributed by atoms with Crippen LogP contribution in [0.3, 0.4) is 0 Å². The number of alkyl halides is 2. The van der Waals surface area contributed by atoms with Gasteiger partial charge in [-0.3, -0.25) is 0 Å². The summed E-state index contributed by atoms with van der Waals surface area (Å²) in [6.07, 6.45) is 4.61. The van der Waals surface area contributed by atoms with E-state index in [-0.39, 0.29) is 32.9 Å². The maximum atomic E-state index is 14.3. The van der Waals surface area contributed by atoms with Gasteiger partial charge in [0.05, 0.1) is 0 Å². The van der Waals surface area contributed by atoms with Gasteiger partial charge in [0.1, 0.15) is 0 Å². The van der Waals surface area contributed by atoms with E-state index in [1.807, 2.05) is 6.07 Å². The van der Waals surface area contributed by atoms with Crippen molar-refractivity contribution in [1.29, 1.82) is 0 Å². The molecule has 3 aromatic rings. The minimum absolute atomic E-state index is 0.109. The SMILES string of the molecule is COc1c(F)cccc1Nc1c2[nH]c3c1C(=O)NC[C@H]3[I-]CCCNc1cnccc1-2. The third-order valence-corrected chi connectivity index (χ3v) is 8.97. The van der Waals surface area contributed by atoms with Crippen molar-refractivity contribution in [3.63, 3.8) is 0 Å². The van der Waals surface area contributed by atoms with Crippen molar-refractivity contribution in [2.75, 3.05) is 35.3 Å². The molecule has 2 aliphatic heterocycles. The monoisotopic (exact) mass is 534 g/mol. The van der Waals surface area contributed by atoms with Crippen LogP contribution in [0.15, 0.2) is 36.7 Å². The number of hydrogen-bond donors (Lipinski definition) is 4. The van der Waals surface area contributed by atoms with Crippen LogP contribution in [0.5, 0.6) is 5.75 Å². The molecule has 1 aromatic carbocycles. The second-order valence-electron chi connectivity index (χ2n) is 7.33. The van der Waals surface area contributed by atoms with Crippen LogP contribution in [-0.2, 0) is 0 Å². The van der Waals surface area contributed by atoms with E-state index in [1.54, 1.807) is 24.5 Å². The number of carbonyl (C=O) groups is 1. The van der Waals surface area contributed by atoms with Crippen molar-refractivity contribution >= 4 is 23.0 Å². The molecular weight excluding hydrogens is 512 g/mol. The van der Waals surface area contributed by atoms with Gasteiger partial charge in [-0.15, -0.1) is 0 Å². The summed E-state index contributed by atoms with van der Waals surface area (Å²) in [5.74, 6) is -0.485. The van der Waals surface area contributed by atoms with Crippen LogP contribution < -0.4 is 41.9 Å². The average molecular weight is 534 g/mol. The number of hydrogen-bond acceptors (Lipinski definition) is 5. The van der Waals surface area contributed by atoms with E-state index in [0.29, 0.717) is 27.4 Å². The topological polar surface area (TPSA) is 91.1 Å². The van der Waals surface area contributed by atoms with Gasteiger partial charge >= 0.3 is 190 Å². The van der Waals surface area contributed by atoms with E-state index in [9.17, 15) is 9.18 Å². The molecule has 31 heavy (non-hydrogen) atoms. The molecule has 0 saturated carbocycles. The van der Waals surface area contributed by atoms with Crippen LogP contribution in [-0.4, -0.2) is 40.5 Å². The number of methoxy groups -OCH3 is 1. The zero-order valence-electron chi connectivity index (χ0n) is 16.9. The van der Waals surface area contributed by atoms with Crippen molar-refractivity contribution < 1.29 is 35.1 Å². The third kappa shape index (κ3) is 3.60. The van der Waals surface area contributed by atoms with Gasteiger partial charge in [0.15, 0.2) is 0 Å². The molecular formula is C22H22FIN5O2-. The van der Waals surface area contributed by atoms with Gasteiger partial charge in [-0.25, -0.2) is 0 Å². The number of amides is 1. The van der Waals surface area contributed by atoms with E-state index in [1.165, 1.54) is 13.2 Å². The summed E-state index contributed by atoms with van der Waals surface area (Å²) in [6, 6.07) is 6.63. The number of anilines is 3. The van der Waals surface area contributed by atoms with E-state index in [4.69, 9.17) is 4.74 Å². The predicted molar refractivity (Wildman–Crippen MR) is 113 cm³/mol. The van der Waals surface area contributed by atoms with Gasteiger partial charge < -0.3 is 0 Å². The zero-order valence-corrected chi connectivity index (χ0v) is 19.0. The third-order valence-electron chi connectivity index (χ3n) is 5.45. The quantitative estimate of drug-likeness (QED) is 0.293. The van der Waals surface area contributed by atoms with Crippen molar-refractivity contribution in [2.45, 2.75) is 10.3 Å². The Labute approximate surface area is 189 Å². The fourth-order valence-corrected chi connectivity index (χ4v) is 7.04. The molecule has 9 heteroatoms. The number of rotatable bonds is 3. The van der Waals surface area contributed by atoms with Crippen molar-refractivity contribution in [3.8, 4) is 17.0 Å². The van der Waals surface area contributed by atoms with Gasteiger partial charge in [0.25, 0.3) is 0 Å². The molecule has 162 valence electrons. The Morgan fingerprint density at radius 2 is 2.19 bits per heavy atom. The Morgan fingerprint density at radius 1 is 1.29 bits per heavy atom. The maximum absolute atomic E-state index is 14.3. The summed E-state index contributed by atoms with van der Waals surface area (Å²) in [4.78, 5) is 20.8. The molecule has 4 N–H and O–H groups in total. The first kappa shape index (κ1) is 20.1. The second-order valence-corrected chi connectivity index (χ2v) is 10.8. The van der Waals surface area contributed by atoms with Gasteiger partial charge in [0.2, 0.25) is 0 Å². The standard InChI is InChI=1S/C22H22FIN5O2/c1-31-21-13(23)4-2-5-15(21)28-20-17-19-14(10-27-22(17)30)24-7-3-8-26-16-11-25-9-6-12(16)18(20)29-19/h2,4-6,9,11,14,26,28-29H,3,7-8,10H2,1H3,(H,27,30)/q-1/t14-/m1/s1. The van der Waals surface area contributed by atoms with E-state index >= 15 is 0 Å². The van der Waals surface area contributed by atoms with Crippen LogP contribution in [0.1, 0.15) is 26.4 Å². The number of carbonyl (C=O) groups excluding carboxylic acids is 1. The predicted octanol–water partition coefficient (Wildman–Crippen LogP) is 0.657. The number of nitrogens with one attached hydrogen (secondary N) is 4. The van der Waals surface area contributed by atoms with E-state index in [2.05, 4.69) is 25.9 Å². The number of pyridine rings is 1. The van der Waals surface area contributed by atoms with Crippen molar-refractivity contribution in [2.24, 2.45) is 0 Å². The van der Waals surface area contributed by atoms with Crippen LogP contribution in [0.2, 0.25) is 0 Å². The van der Waals surface area contributed by atoms with Gasteiger partial charge in [-0.1, -0.05) is 0 Å². The van der Waals surface area contributed by atoms with Gasteiger partial charge in [-0.2, -0.15) is 0 Å². The Balaban J connectivity index is 1.74. The Bertz CT molecular complexity index is 1150. The number of aromatic amines is 1. The fraction of sp³-hybridized carbons (Fsp3) is 0.273. The van der Waals surface area contributed by atoms with Crippen LogP contribution in [0.25, 0.3) is 11.3 Å². The molecule has 0 aliphatic carbocycles. The number of para-hydroxylation sites is 1. The van der Waals surface area contributed by atoms with Crippen LogP contribution in [0, 0.1) is 5.82 Å².